The van der Waals surface area contributed by atoms with Gasteiger partial charge in [-0.3, -0.25) is 0 Å². The largest absolute Gasteiger partial charge is 0.497 e. The van der Waals surface area contributed by atoms with E-state index in [2.05, 4.69) is 12.1 Å². The maximum absolute atomic E-state index is 5.69. The number of aryl methyl sites for hydroxylation is 1. The first-order chi connectivity index (χ1) is 9.28. The van der Waals surface area contributed by atoms with Crippen LogP contribution in [0, 0.1) is 0 Å². The van der Waals surface area contributed by atoms with Crippen LogP contribution < -0.4 is 15.2 Å². The van der Waals surface area contributed by atoms with Crippen LogP contribution in [0.2, 0.25) is 0 Å². The van der Waals surface area contributed by atoms with Crippen molar-refractivity contribution >= 4 is 5.69 Å². The summed E-state index contributed by atoms with van der Waals surface area (Å²) in [5.41, 5.74) is 7.71. The lowest BCUT2D eigenvalue weighted by molar-refractivity contribution is 0.311. The van der Waals surface area contributed by atoms with Crippen molar-refractivity contribution in [2.45, 2.75) is 12.8 Å². The number of ether oxygens (including phenoxy) is 2. The Morgan fingerprint density at radius 2 is 1.79 bits per heavy atom. The Hall–Kier alpha value is -2.16. The number of hydrogen-bond acceptors (Lipinski definition) is 3. The fraction of sp³-hybridized carbons (Fsp3) is 0.250. The highest BCUT2D eigenvalue weighted by Gasteiger charge is 1.97. The molecule has 0 atom stereocenters. The monoisotopic (exact) mass is 257 g/mol. The maximum atomic E-state index is 5.69. The molecule has 0 aliphatic rings. The zero-order valence-corrected chi connectivity index (χ0v) is 11.1. The van der Waals surface area contributed by atoms with Crippen molar-refractivity contribution in [3.8, 4) is 11.5 Å². The topological polar surface area (TPSA) is 44.5 Å². The molecular weight excluding hydrogens is 238 g/mol. The summed E-state index contributed by atoms with van der Waals surface area (Å²) in [5, 5.41) is 0. The molecule has 0 unspecified atom stereocenters. The van der Waals surface area contributed by atoms with E-state index < -0.39 is 0 Å². The van der Waals surface area contributed by atoms with Crippen LogP contribution in [0.15, 0.2) is 48.5 Å². The van der Waals surface area contributed by atoms with Gasteiger partial charge in [0.05, 0.1) is 13.7 Å². The number of nitrogen functional groups attached to an aromatic ring is 1. The van der Waals surface area contributed by atoms with Crippen LogP contribution in [0.25, 0.3) is 0 Å². The predicted octanol–water partition coefficient (Wildman–Crippen LogP) is 3.29. The molecule has 0 aliphatic heterocycles. The summed E-state index contributed by atoms with van der Waals surface area (Å²) in [5.74, 6) is 1.72. The summed E-state index contributed by atoms with van der Waals surface area (Å²) in [7, 11) is 1.68. The Balaban J connectivity index is 1.74. The highest BCUT2D eigenvalue weighted by molar-refractivity contribution is 5.43. The van der Waals surface area contributed by atoms with E-state index in [4.69, 9.17) is 15.2 Å². The third-order valence-corrected chi connectivity index (χ3v) is 2.90. The smallest absolute Gasteiger partial charge is 0.121 e. The molecule has 0 aromatic heterocycles. The number of anilines is 1. The molecule has 0 bridgehead atoms. The molecule has 3 nitrogen and oxygen atoms in total. The minimum absolute atomic E-state index is 0.690. The molecule has 2 aromatic carbocycles. The molecule has 0 heterocycles. The summed E-state index contributed by atoms with van der Waals surface area (Å²) in [6.45, 7) is 0.690. The fourth-order valence-corrected chi connectivity index (χ4v) is 1.86. The Morgan fingerprint density at radius 3 is 2.47 bits per heavy atom. The Morgan fingerprint density at radius 1 is 1.00 bits per heavy atom. The van der Waals surface area contributed by atoms with E-state index in [1.165, 1.54) is 5.56 Å². The molecular formula is C16H19NO2. The number of nitrogens with two attached hydrogens (primary N) is 1. The standard InChI is InChI=1S/C16H19NO2/c1-18-15-9-7-13(8-10-15)4-3-11-19-16-6-2-5-14(17)12-16/h2,5-10,12H,3-4,11,17H2,1H3. The van der Waals surface area contributed by atoms with Gasteiger partial charge in [0, 0.05) is 11.8 Å². The molecule has 0 saturated carbocycles. The molecule has 2 N–H and O–H groups in total. The molecule has 100 valence electrons. The van der Waals surface area contributed by atoms with Gasteiger partial charge < -0.3 is 15.2 Å². The lowest BCUT2D eigenvalue weighted by atomic mass is 10.1. The van der Waals surface area contributed by atoms with E-state index >= 15 is 0 Å². The average molecular weight is 257 g/mol. The SMILES string of the molecule is COc1ccc(CCCOc2cccc(N)c2)cc1. The molecule has 0 aliphatic carbocycles. The zero-order chi connectivity index (χ0) is 13.5. The van der Waals surface area contributed by atoms with Crippen molar-refractivity contribution in [3.63, 3.8) is 0 Å². The van der Waals surface area contributed by atoms with Gasteiger partial charge in [0.25, 0.3) is 0 Å². The summed E-state index contributed by atoms with van der Waals surface area (Å²) >= 11 is 0. The van der Waals surface area contributed by atoms with Crippen molar-refractivity contribution in [2.24, 2.45) is 0 Å². The third kappa shape index (κ3) is 4.21. The summed E-state index contributed by atoms with van der Waals surface area (Å²) in [6.07, 6.45) is 1.97. The molecule has 0 radical (unpaired) electrons. The fourth-order valence-electron chi connectivity index (χ4n) is 1.86. The Kier molecular flexibility index (Phi) is 4.67. The number of benzene rings is 2. The normalized spacial score (nSPS) is 10.2. The van der Waals surface area contributed by atoms with Gasteiger partial charge in [0.2, 0.25) is 0 Å². The molecule has 2 rings (SSSR count). The Labute approximate surface area is 114 Å². The van der Waals surface area contributed by atoms with E-state index in [0.717, 1.165) is 30.0 Å². The van der Waals surface area contributed by atoms with E-state index in [9.17, 15) is 0 Å². The lowest BCUT2D eigenvalue weighted by Crippen LogP contribution is -2.00. The molecule has 0 amide bonds. The van der Waals surface area contributed by atoms with Crippen LogP contribution in [0.3, 0.4) is 0 Å². The molecule has 0 spiro atoms. The van der Waals surface area contributed by atoms with Crippen LogP contribution in [0.1, 0.15) is 12.0 Å². The van der Waals surface area contributed by atoms with E-state index in [1.54, 1.807) is 7.11 Å². The van der Waals surface area contributed by atoms with Gasteiger partial charge in [0.15, 0.2) is 0 Å². The first kappa shape index (κ1) is 13.3. The van der Waals surface area contributed by atoms with Gasteiger partial charge in [0.1, 0.15) is 11.5 Å². The maximum Gasteiger partial charge on any atom is 0.121 e. The lowest BCUT2D eigenvalue weighted by Gasteiger charge is -2.07. The van der Waals surface area contributed by atoms with Crippen LogP contribution in [-0.2, 0) is 6.42 Å². The van der Waals surface area contributed by atoms with E-state index in [-0.39, 0.29) is 0 Å². The predicted molar refractivity (Wildman–Crippen MR) is 77.7 cm³/mol. The van der Waals surface area contributed by atoms with Crippen molar-refractivity contribution in [1.82, 2.24) is 0 Å². The minimum atomic E-state index is 0.690. The Bertz CT molecular complexity index is 508. The number of hydrogen-bond donors (Lipinski definition) is 1. The van der Waals surface area contributed by atoms with Gasteiger partial charge in [-0.2, -0.15) is 0 Å². The second-order valence-electron chi connectivity index (χ2n) is 4.37. The molecule has 2 aromatic rings. The first-order valence-corrected chi connectivity index (χ1v) is 6.39. The third-order valence-electron chi connectivity index (χ3n) is 2.90. The van der Waals surface area contributed by atoms with E-state index in [0.29, 0.717) is 6.61 Å². The number of rotatable bonds is 6. The summed E-state index contributed by atoms with van der Waals surface area (Å²) < 4.78 is 10.8. The summed E-state index contributed by atoms with van der Waals surface area (Å²) in [6, 6.07) is 15.6. The van der Waals surface area contributed by atoms with Gasteiger partial charge >= 0.3 is 0 Å². The summed E-state index contributed by atoms with van der Waals surface area (Å²) in [4.78, 5) is 0. The van der Waals surface area contributed by atoms with Crippen LogP contribution in [0.4, 0.5) is 5.69 Å². The van der Waals surface area contributed by atoms with Crippen molar-refractivity contribution in [1.29, 1.82) is 0 Å². The average Bonchev–Trinajstić information content (AvgIpc) is 2.44. The second-order valence-corrected chi connectivity index (χ2v) is 4.37. The van der Waals surface area contributed by atoms with Gasteiger partial charge in [-0.25, -0.2) is 0 Å². The first-order valence-electron chi connectivity index (χ1n) is 6.39. The molecule has 3 heteroatoms. The van der Waals surface area contributed by atoms with Crippen LogP contribution in [-0.4, -0.2) is 13.7 Å². The minimum Gasteiger partial charge on any atom is -0.497 e. The van der Waals surface area contributed by atoms with E-state index in [1.807, 2.05) is 36.4 Å². The van der Waals surface area contributed by atoms with Gasteiger partial charge in [-0.05, 0) is 42.7 Å². The zero-order valence-electron chi connectivity index (χ0n) is 11.1. The quantitative estimate of drug-likeness (QED) is 0.638. The molecule has 19 heavy (non-hydrogen) atoms. The highest BCUT2D eigenvalue weighted by atomic mass is 16.5. The van der Waals surface area contributed by atoms with Crippen molar-refractivity contribution in [2.75, 3.05) is 19.5 Å². The van der Waals surface area contributed by atoms with Crippen LogP contribution >= 0.6 is 0 Å². The van der Waals surface area contributed by atoms with Crippen molar-refractivity contribution in [3.05, 3.63) is 54.1 Å². The van der Waals surface area contributed by atoms with Crippen molar-refractivity contribution < 1.29 is 9.47 Å². The second kappa shape index (κ2) is 6.69. The number of methoxy groups -OCH3 is 1. The van der Waals surface area contributed by atoms with Gasteiger partial charge in [-0.15, -0.1) is 0 Å². The van der Waals surface area contributed by atoms with Gasteiger partial charge in [-0.1, -0.05) is 18.2 Å². The molecule has 0 fully saturated rings. The highest BCUT2D eigenvalue weighted by Crippen LogP contribution is 2.16. The van der Waals surface area contributed by atoms with Crippen LogP contribution in [0.5, 0.6) is 11.5 Å². The molecule has 0 saturated heterocycles.